The van der Waals surface area contributed by atoms with Crippen LogP contribution in [0.4, 0.5) is 0 Å². The summed E-state index contributed by atoms with van der Waals surface area (Å²) in [7, 11) is 0. The highest BCUT2D eigenvalue weighted by atomic mass is 16.5. The highest BCUT2D eigenvalue weighted by Gasteiger charge is 2.17. The Morgan fingerprint density at radius 1 is 1.41 bits per heavy atom. The molecule has 0 saturated heterocycles. The summed E-state index contributed by atoms with van der Waals surface area (Å²) in [6.07, 6.45) is 9.09. The number of likely N-dealkylation sites (N-methyl/N-ethyl adjacent to an activating group) is 1. The van der Waals surface area contributed by atoms with E-state index in [1.54, 1.807) is 0 Å². The number of hydrogen-bond acceptors (Lipinski definition) is 3. The van der Waals surface area contributed by atoms with Crippen molar-refractivity contribution in [2.24, 2.45) is 0 Å². The molecule has 0 aromatic carbocycles. The SMILES string of the molecule is CCNC(CCc1ccncc1)C1=CCCO1. The van der Waals surface area contributed by atoms with Crippen LogP contribution in [-0.4, -0.2) is 24.2 Å². The molecule has 1 atom stereocenters. The lowest BCUT2D eigenvalue weighted by Crippen LogP contribution is -2.31. The fourth-order valence-corrected chi connectivity index (χ4v) is 2.13. The van der Waals surface area contributed by atoms with E-state index in [0.29, 0.717) is 6.04 Å². The third-order valence-electron chi connectivity index (χ3n) is 3.00. The van der Waals surface area contributed by atoms with Gasteiger partial charge in [0.05, 0.1) is 12.6 Å². The van der Waals surface area contributed by atoms with Crippen LogP contribution in [0.15, 0.2) is 36.4 Å². The van der Waals surface area contributed by atoms with Gasteiger partial charge in [0.1, 0.15) is 5.76 Å². The van der Waals surface area contributed by atoms with E-state index in [9.17, 15) is 0 Å². The van der Waals surface area contributed by atoms with E-state index in [1.807, 2.05) is 12.4 Å². The molecule has 1 aromatic heterocycles. The van der Waals surface area contributed by atoms with Gasteiger partial charge in [-0.1, -0.05) is 6.92 Å². The second-order valence-corrected chi connectivity index (χ2v) is 4.25. The Morgan fingerprint density at radius 2 is 2.24 bits per heavy atom. The van der Waals surface area contributed by atoms with Crippen molar-refractivity contribution < 1.29 is 4.74 Å². The summed E-state index contributed by atoms with van der Waals surface area (Å²) in [4.78, 5) is 4.03. The van der Waals surface area contributed by atoms with Gasteiger partial charge in [-0.05, 0) is 43.2 Å². The first kappa shape index (κ1) is 12.1. The first-order chi connectivity index (χ1) is 8.40. The van der Waals surface area contributed by atoms with Crippen LogP contribution in [0.1, 0.15) is 25.3 Å². The molecule has 0 fully saturated rings. The van der Waals surface area contributed by atoms with Gasteiger partial charge in [-0.15, -0.1) is 0 Å². The number of ether oxygens (including phenoxy) is 1. The summed E-state index contributed by atoms with van der Waals surface area (Å²) in [6.45, 7) is 3.95. The van der Waals surface area contributed by atoms with Crippen molar-refractivity contribution in [1.29, 1.82) is 0 Å². The Morgan fingerprint density at radius 3 is 2.88 bits per heavy atom. The van der Waals surface area contributed by atoms with Crippen molar-refractivity contribution in [3.8, 4) is 0 Å². The quantitative estimate of drug-likeness (QED) is 0.817. The van der Waals surface area contributed by atoms with Crippen molar-refractivity contribution in [1.82, 2.24) is 10.3 Å². The molecule has 2 rings (SSSR count). The van der Waals surface area contributed by atoms with Crippen LogP contribution in [0, 0.1) is 0 Å². The Balaban J connectivity index is 1.89. The van der Waals surface area contributed by atoms with Gasteiger partial charge in [-0.25, -0.2) is 0 Å². The van der Waals surface area contributed by atoms with Crippen molar-refractivity contribution in [2.75, 3.05) is 13.2 Å². The number of pyridine rings is 1. The molecule has 1 unspecified atom stereocenters. The summed E-state index contributed by atoms with van der Waals surface area (Å²) >= 11 is 0. The summed E-state index contributed by atoms with van der Waals surface area (Å²) in [5, 5.41) is 3.49. The molecule has 1 aromatic rings. The molecule has 0 spiro atoms. The predicted octanol–water partition coefficient (Wildman–Crippen LogP) is 2.30. The largest absolute Gasteiger partial charge is 0.496 e. The highest BCUT2D eigenvalue weighted by Crippen LogP contribution is 2.17. The van der Waals surface area contributed by atoms with Crippen LogP contribution < -0.4 is 5.32 Å². The normalized spacial score (nSPS) is 16.4. The fourth-order valence-electron chi connectivity index (χ4n) is 2.13. The van der Waals surface area contributed by atoms with Gasteiger partial charge in [0.2, 0.25) is 0 Å². The standard InChI is InChI=1S/C14H20N2O/c1-2-16-13(14-4-3-11-17-14)6-5-12-7-9-15-10-8-12/h4,7-10,13,16H,2-3,5-6,11H2,1H3. The summed E-state index contributed by atoms with van der Waals surface area (Å²) < 4.78 is 5.64. The summed E-state index contributed by atoms with van der Waals surface area (Å²) in [5.41, 5.74) is 1.33. The molecule has 1 N–H and O–H groups in total. The smallest absolute Gasteiger partial charge is 0.109 e. The number of nitrogens with zero attached hydrogens (tertiary/aromatic N) is 1. The third-order valence-corrected chi connectivity index (χ3v) is 3.00. The minimum absolute atomic E-state index is 0.357. The molecule has 17 heavy (non-hydrogen) atoms. The second kappa shape index (κ2) is 6.40. The summed E-state index contributed by atoms with van der Waals surface area (Å²) in [5.74, 6) is 1.13. The minimum Gasteiger partial charge on any atom is -0.496 e. The number of rotatable bonds is 6. The van der Waals surface area contributed by atoms with E-state index >= 15 is 0 Å². The zero-order valence-corrected chi connectivity index (χ0v) is 10.4. The minimum atomic E-state index is 0.357. The maximum Gasteiger partial charge on any atom is 0.109 e. The second-order valence-electron chi connectivity index (χ2n) is 4.25. The van der Waals surface area contributed by atoms with E-state index in [1.165, 1.54) is 5.56 Å². The third kappa shape index (κ3) is 3.56. The average molecular weight is 232 g/mol. The topological polar surface area (TPSA) is 34.2 Å². The van der Waals surface area contributed by atoms with Crippen LogP contribution in [-0.2, 0) is 11.2 Å². The molecule has 0 bridgehead atoms. The van der Waals surface area contributed by atoms with Crippen LogP contribution in [0.2, 0.25) is 0 Å². The van der Waals surface area contributed by atoms with E-state index in [0.717, 1.165) is 38.2 Å². The molecular weight excluding hydrogens is 212 g/mol. The van der Waals surface area contributed by atoms with Crippen LogP contribution in [0.25, 0.3) is 0 Å². The molecule has 0 aliphatic carbocycles. The highest BCUT2D eigenvalue weighted by molar-refractivity contribution is 5.13. The van der Waals surface area contributed by atoms with Crippen LogP contribution >= 0.6 is 0 Å². The molecule has 1 aliphatic heterocycles. The van der Waals surface area contributed by atoms with E-state index in [4.69, 9.17) is 4.74 Å². The van der Waals surface area contributed by atoms with Crippen molar-refractivity contribution in [3.05, 3.63) is 41.9 Å². The van der Waals surface area contributed by atoms with Crippen LogP contribution in [0.5, 0.6) is 0 Å². The lowest BCUT2D eigenvalue weighted by molar-refractivity contribution is 0.212. The first-order valence-electron chi connectivity index (χ1n) is 6.35. The van der Waals surface area contributed by atoms with Gasteiger partial charge in [-0.3, -0.25) is 4.98 Å². The molecule has 92 valence electrons. The molecule has 1 aliphatic rings. The number of aromatic nitrogens is 1. The van der Waals surface area contributed by atoms with Crippen molar-refractivity contribution in [3.63, 3.8) is 0 Å². The first-order valence-corrected chi connectivity index (χ1v) is 6.35. The van der Waals surface area contributed by atoms with Gasteiger partial charge < -0.3 is 10.1 Å². The number of nitrogens with one attached hydrogen (secondary N) is 1. The van der Waals surface area contributed by atoms with Crippen LogP contribution in [0.3, 0.4) is 0 Å². The molecule has 3 nitrogen and oxygen atoms in total. The molecule has 2 heterocycles. The van der Waals surface area contributed by atoms with Gasteiger partial charge in [0.25, 0.3) is 0 Å². The molecule has 0 amide bonds. The lowest BCUT2D eigenvalue weighted by atomic mass is 10.0. The van der Waals surface area contributed by atoms with E-state index in [-0.39, 0.29) is 0 Å². The Labute approximate surface area is 103 Å². The van der Waals surface area contributed by atoms with Crippen molar-refractivity contribution >= 4 is 0 Å². The molecule has 0 radical (unpaired) electrons. The number of hydrogen-bond donors (Lipinski definition) is 1. The van der Waals surface area contributed by atoms with E-state index in [2.05, 4.69) is 35.4 Å². The molecule has 3 heteroatoms. The Hall–Kier alpha value is -1.35. The van der Waals surface area contributed by atoms with E-state index < -0.39 is 0 Å². The van der Waals surface area contributed by atoms with Gasteiger partial charge >= 0.3 is 0 Å². The zero-order valence-electron chi connectivity index (χ0n) is 10.4. The fraction of sp³-hybridized carbons (Fsp3) is 0.500. The van der Waals surface area contributed by atoms with Gasteiger partial charge in [0, 0.05) is 18.8 Å². The molecular formula is C14H20N2O. The maximum atomic E-state index is 5.64. The maximum absolute atomic E-state index is 5.64. The van der Waals surface area contributed by atoms with Gasteiger partial charge in [-0.2, -0.15) is 0 Å². The predicted molar refractivity (Wildman–Crippen MR) is 68.7 cm³/mol. The molecule has 0 saturated carbocycles. The van der Waals surface area contributed by atoms with Crippen molar-refractivity contribution in [2.45, 2.75) is 32.2 Å². The Kier molecular flexibility index (Phi) is 4.56. The monoisotopic (exact) mass is 232 g/mol. The Bertz CT molecular complexity index is 362. The van der Waals surface area contributed by atoms with Gasteiger partial charge in [0.15, 0.2) is 0 Å². The zero-order chi connectivity index (χ0) is 11.9. The number of aryl methyl sites for hydroxylation is 1. The summed E-state index contributed by atoms with van der Waals surface area (Å²) in [6, 6.07) is 4.51. The lowest BCUT2D eigenvalue weighted by Gasteiger charge is -2.18. The average Bonchev–Trinajstić information content (AvgIpc) is 2.89.